The Bertz CT molecular complexity index is 1170. The van der Waals surface area contributed by atoms with Crippen molar-refractivity contribution in [2.75, 3.05) is 20.3 Å². The normalized spacial score (nSPS) is 15.5. The van der Waals surface area contributed by atoms with Gasteiger partial charge in [-0.15, -0.1) is 0 Å². The number of H-pyrrole nitrogens is 1. The Kier molecular flexibility index (Phi) is 5.40. The van der Waals surface area contributed by atoms with Crippen LogP contribution in [-0.2, 0) is 0 Å². The lowest BCUT2D eigenvalue weighted by atomic mass is 9.93. The lowest BCUT2D eigenvalue weighted by Crippen LogP contribution is -2.32. The number of phenols is 2. The number of aromatic amines is 1. The fourth-order valence-corrected chi connectivity index (χ4v) is 4.69. The van der Waals surface area contributed by atoms with Gasteiger partial charge in [-0.3, -0.25) is 9.89 Å². The Morgan fingerprint density at radius 1 is 1.23 bits per heavy atom. The van der Waals surface area contributed by atoms with E-state index in [0.717, 1.165) is 11.1 Å². The van der Waals surface area contributed by atoms with Crippen LogP contribution >= 0.6 is 15.9 Å². The molecule has 8 nitrogen and oxygen atoms in total. The van der Waals surface area contributed by atoms with Crippen LogP contribution in [0.1, 0.15) is 38.8 Å². The van der Waals surface area contributed by atoms with Gasteiger partial charge in [-0.2, -0.15) is 5.10 Å². The van der Waals surface area contributed by atoms with Gasteiger partial charge >= 0.3 is 0 Å². The third-order valence-corrected chi connectivity index (χ3v) is 6.09. The Morgan fingerprint density at radius 3 is 2.61 bits per heavy atom. The Balaban J connectivity index is 1.98. The molecule has 9 heteroatoms. The van der Waals surface area contributed by atoms with Crippen molar-refractivity contribution in [1.82, 2.24) is 15.1 Å². The van der Waals surface area contributed by atoms with E-state index in [4.69, 9.17) is 4.74 Å². The Morgan fingerprint density at radius 2 is 1.97 bits per heavy atom. The fraction of sp³-hybridized carbons (Fsp3) is 0.273. The molecule has 2 aromatic carbocycles. The lowest BCUT2D eigenvalue weighted by Gasteiger charge is -2.26. The highest BCUT2D eigenvalue weighted by atomic mass is 79.9. The molecule has 0 fully saturated rings. The molecule has 0 spiro atoms. The summed E-state index contributed by atoms with van der Waals surface area (Å²) >= 11 is 3.34. The first kappa shape index (κ1) is 21.2. The van der Waals surface area contributed by atoms with Crippen LogP contribution in [-0.4, -0.2) is 56.6 Å². The summed E-state index contributed by atoms with van der Waals surface area (Å²) in [6.07, 6.45) is 0. The first-order valence-electron chi connectivity index (χ1n) is 9.65. The Labute approximate surface area is 187 Å². The van der Waals surface area contributed by atoms with E-state index in [9.17, 15) is 20.1 Å². The number of rotatable bonds is 5. The highest BCUT2D eigenvalue weighted by Crippen LogP contribution is 2.47. The van der Waals surface area contributed by atoms with E-state index >= 15 is 0 Å². The summed E-state index contributed by atoms with van der Waals surface area (Å²) in [5.74, 6) is -0.0409. The van der Waals surface area contributed by atoms with E-state index in [1.165, 1.54) is 12.0 Å². The summed E-state index contributed by atoms with van der Waals surface area (Å²) in [6, 6.07) is 6.34. The van der Waals surface area contributed by atoms with E-state index in [-0.39, 0.29) is 36.3 Å². The summed E-state index contributed by atoms with van der Waals surface area (Å²) < 4.78 is 5.70. The third kappa shape index (κ3) is 3.34. The SMILES string of the molecule is COc1cc([C@@H]2c3c(-c4c(C)cc(C)cc4O)n[nH]c3C(=O)N2CCO)cc(Br)c1O. The molecule has 4 rings (SSSR count). The third-order valence-electron chi connectivity index (χ3n) is 5.49. The minimum Gasteiger partial charge on any atom is -0.507 e. The molecule has 0 saturated heterocycles. The van der Waals surface area contributed by atoms with E-state index in [0.29, 0.717) is 32.6 Å². The number of methoxy groups -OCH3 is 1. The van der Waals surface area contributed by atoms with Crippen LogP contribution in [0.15, 0.2) is 28.7 Å². The number of aliphatic hydroxyl groups is 1. The van der Waals surface area contributed by atoms with Crippen molar-refractivity contribution in [3.8, 4) is 28.5 Å². The molecule has 1 atom stereocenters. The standard InChI is InChI=1S/C22H22BrN3O5/c1-10-6-11(2)16(14(28)7-10)18-17-19(25-24-18)22(30)26(4-5-27)20(17)12-8-13(23)21(29)15(9-12)31-3/h6-9,20,27-29H,4-5H2,1-3H3,(H,24,25)/t20-/m1/s1. The van der Waals surface area contributed by atoms with Gasteiger partial charge in [-0.05, 0) is 64.7 Å². The second-order valence-corrected chi connectivity index (χ2v) is 8.37. The molecular formula is C22H22BrN3O5. The zero-order valence-electron chi connectivity index (χ0n) is 17.2. The Hall–Kier alpha value is -3.04. The second kappa shape index (κ2) is 7.90. The number of aromatic hydroxyl groups is 2. The molecular weight excluding hydrogens is 466 g/mol. The minimum atomic E-state index is -0.602. The number of halogens is 1. The number of aromatic nitrogens is 2. The van der Waals surface area contributed by atoms with Crippen molar-refractivity contribution >= 4 is 21.8 Å². The summed E-state index contributed by atoms with van der Waals surface area (Å²) in [5, 5.41) is 37.7. The molecule has 162 valence electrons. The van der Waals surface area contributed by atoms with Crippen LogP contribution in [0.4, 0.5) is 0 Å². The van der Waals surface area contributed by atoms with Crippen LogP contribution in [0, 0.1) is 13.8 Å². The number of benzene rings is 2. The monoisotopic (exact) mass is 487 g/mol. The maximum atomic E-state index is 13.1. The molecule has 1 aliphatic rings. The molecule has 1 aliphatic heterocycles. The number of hydrogen-bond acceptors (Lipinski definition) is 6. The fourth-order valence-electron chi connectivity index (χ4n) is 4.23. The molecule has 3 aromatic rings. The molecule has 4 N–H and O–H groups in total. The van der Waals surface area contributed by atoms with Gasteiger partial charge in [-0.25, -0.2) is 0 Å². The highest BCUT2D eigenvalue weighted by Gasteiger charge is 2.43. The van der Waals surface area contributed by atoms with Crippen LogP contribution in [0.5, 0.6) is 17.2 Å². The van der Waals surface area contributed by atoms with Gasteiger partial charge in [0.25, 0.3) is 5.91 Å². The first-order chi connectivity index (χ1) is 14.8. The molecule has 1 amide bonds. The summed E-state index contributed by atoms with van der Waals surface area (Å²) in [4.78, 5) is 14.7. The topological polar surface area (TPSA) is 119 Å². The van der Waals surface area contributed by atoms with Gasteiger partial charge in [-0.1, -0.05) is 6.07 Å². The number of nitrogens with one attached hydrogen (secondary N) is 1. The number of carbonyl (C=O) groups is 1. The predicted octanol–water partition coefficient (Wildman–Crippen LogP) is 3.41. The molecule has 0 radical (unpaired) electrons. The quantitative estimate of drug-likeness (QED) is 0.437. The van der Waals surface area contributed by atoms with Gasteiger partial charge in [0.05, 0.1) is 24.2 Å². The van der Waals surface area contributed by atoms with Gasteiger partial charge in [0.1, 0.15) is 17.1 Å². The number of β-amino-alcohol motifs (C(OH)–C–C–N with tert-alkyl or cyclic N) is 1. The first-order valence-corrected chi connectivity index (χ1v) is 10.4. The summed E-state index contributed by atoms with van der Waals surface area (Å²) in [6.45, 7) is 3.65. The summed E-state index contributed by atoms with van der Waals surface area (Å²) in [7, 11) is 1.44. The van der Waals surface area contributed by atoms with Crippen molar-refractivity contribution < 1.29 is 24.9 Å². The predicted molar refractivity (Wildman–Crippen MR) is 117 cm³/mol. The zero-order valence-corrected chi connectivity index (χ0v) is 18.8. The lowest BCUT2D eigenvalue weighted by molar-refractivity contribution is 0.0706. The molecule has 1 aromatic heterocycles. The number of fused-ring (bicyclic) bond motifs is 1. The number of carbonyl (C=O) groups excluding carboxylic acids is 1. The smallest absolute Gasteiger partial charge is 0.273 e. The van der Waals surface area contributed by atoms with E-state index < -0.39 is 6.04 Å². The van der Waals surface area contributed by atoms with E-state index in [1.54, 1.807) is 18.2 Å². The maximum Gasteiger partial charge on any atom is 0.273 e. The van der Waals surface area contributed by atoms with Crippen molar-refractivity contribution in [3.63, 3.8) is 0 Å². The number of amides is 1. The number of phenolic OH excluding ortho intramolecular Hbond substituents is 2. The number of aliphatic hydroxyl groups excluding tert-OH is 1. The molecule has 31 heavy (non-hydrogen) atoms. The number of hydrogen-bond donors (Lipinski definition) is 4. The zero-order chi connectivity index (χ0) is 22.4. The minimum absolute atomic E-state index is 0.0519. The number of aryl methyl sites for hydroxylation is 2. The van der Waals surface area contributed by atoms with Crippen molar-refractivity contribution in [3.05, 3.63) is 56.7 Å². The number of ether oxygens (including phenoxy) is 1. The van der Waals surface area contributed by atoms with Crippen LogP contribution in [0.2, 0.25) is 0 Å². The van der Waals surface area contributed by atoms with Crippen LogP contribution in [0.25, 0.3) is 11.3 Å². The second-order valence-electron chi connectivity index (χ2n) is 7.52. The number of nitrogens with zero attached hydrogens (tertiary/aromatic N) is 2. The molecule has 0 saturated carbocycles. The maximum absolute atomic E-state index is 13.1. The largest absolute Gasteiger partial charge is 0.507 e. The highest BCUT2D eigenvalue weighted by molar-refractivity contribution is 9.10. The van der Waals surface area contributed by atoms with E-state index in [2.05, 4.69) is 26.1 Å². The molecule has 0 bridgehead atoms. The summed E-state index contributed by atoms with van der Waals surface area (Å²) in [5.41, 5.74) is 4.30. The van der Waals surface area contributed by atoms with Crippen LogP contribution < -0.4 is 4.74 Å². The average molecular weight is 488 g/mol. The molecule has 0 unspecified atom stereocenters. The van der Waals surface area contributed by atoms with Gasteiger partial charge in [0.2, 0.25) is 0 Å². The van der Waals surface area contributed by atoms with Gasteiger partial charge in [0, 0.05) is 17.7 Å². The van der Waals surface area contributed by atoms with Crippen molar-refractivity contribution in [1.29, 1.82) is 0 Å². The average Bonchev–Trinajstić information content (AvgIpc) is 3.23. The van der Waals surface area contributed by atoms with Crippen molar-refractivity contribution in [2.45, 2.75) is 19.9 Å². The van der Waals surface area contributed by atoms with Crippen molar-refractivity contribution in [2.24, 2.45) is 0 Å². The molecule has 0 aliphatic carbocycles. The van der Waals surface area contributed by atoms with E-state index in [1.807, 2.05) is 19.9 Å². The van der Waals surface area contributed by atoms with Gasteiger partial charge < -0.3 is 25.0 Å². The molecule has 2 heterocycles. The van der Waals surface area contributed by atoms with Gasteiger partial charge in [0.15, 0.2) is 11.5 Å². The van der Waals surface area contributed by atoms with Crippen LogP contribution in [0.3, 0.4) is 0 Å².